The Morgan fingerprint density at radius 1 is 1.05 bits per heavy atom. The summed E-state index contributed by atoms with van der Waals surface area (Å²) in [6.45, 7) is 5.38. The lowest BCUT2D eigenvalue weighted by Gasteiger charge is -2.47. The Kier molecular flexibility index (Phi) is 3.96. The molecule has 2 fully saturated rings. The lowest BCUT2D eigenvalue weighted by atomic mass is 9.78. The molecule has 3 nitrogen and oxygen atoms in total. The lowest BCUT2D eigenvalue weighted by molar-refractivity contribution is 0.0619. The molecule has 1 aromatic carbocycles. The Morgan fingerprint density at radius 2 is 1.74 bits per heavy atom. The summed E-state index contributed by atoms with van der Waals surface area (Å²) in [7, 11) is 0. The molecule has 1 aliphatic carbocycles. The van der Waals surface area contributed by atoms with Gasteiger partial charge in [0.1, 0.15) is 0 Å². The van der Waals surface area contributed by atoms with E-state index in [-0.39, 0.29) is 0 Å². The van der Waals surface area contributed by atoms with Crippen LogP contribution in [0.25, 0.3) is 0 Å². The standard InChI is InChI=1S/C15H22ClN3/c16-13-2-4-14(5-3-13)18-7-9-19(10-8-18)15-6-1-12(15)11-17/h2-5,12,15H,1,6-11,17H2. The van der Waals surface area contributed by atoms with Crippen molar-refractivity contribution in [1.29, 1.82) is 0 Å². The van der Waals surface area contributed by atoms with Crippen LogP contribution in [0.1, 0.15) is 12.8 Å². The van der Waals surface area contributed by atoms with Crippen LogP contribution in [0.5, 0.6) is 0 Å². The van der Waals surface area contributed by atoms with Crippen molar-refractivity contribution >= 4 is 17.3 Å². The minimum absolute atomic E-state index is 0.738. The quantitative estimate of drug-likeness (QED) is 0.921. The van der Waals surface area contributed by atoms with Crippen molar-refractivity contribution in [3.63, 3.8) is 0 Å². The molecule has 0 spiro atoms. The van der Waals surface area contributed by atoms with Crippen LogP contribution in [0.2, 0.25) is 5.02 Å². The second-order valence-corrected chi connectivity index (χ2v) is 6.08. The van der Waals surface area contributed by atoms with E-state index in [1.54, 1.807) is 0 Å². The number of hydrogen-bond donors (Lipinski definition) is 1. The van der Waals surface area contributed by atoms with Gasteiger partial charge in [0.15, 0.2) is 0 Å². The van der Waals surface area contributed by atoms with Gasteiger partial charge >= 0.3 is 0 Å². The second-order valence-electron chi connectivity index (χ2n) is 5.64. The molecule has 2 aliphatic rings. The molecule has 1 saturated carbocycles. The molecule has 0 bridgehead atoms. The topological polar surface area (TPSA) is 32.5 Å². The van der Waals surface area contributed by atoms with E-state index >= 15 is 0 Å². The number of halogens is 1. The van der Waals surface area contributed by atoms with Crippen LogP contribution in [0, 0.1) is 5.92 Å². The summed E-state index contributed by atoms with van der Waals surface area (Å²) >= 11 is 5.94. The molecule has 1 aliphatic heterocycles. The number of anilines is 1. The number of rotatable bonds is 3. The van der Waals surface area contributed by atoms with Crippen LogP contribution < -0.4 is 10.6 Å². The van der Waals surface area contributed by atoms with Crippen LogP contribution in [0.3, 0.4) is 0 Å². The summed E-state index contributed by atoms with van der Waals surface area (Å²) < 4.78 is 0. The molecule has 0 aromatic heterocycles. The Morgan fingerprint density at radius 3 is 2.26 bits per heavy atom. The maximum Gasteiger partial charge on any atom is 0.0407 e. The minimum atomic E-state index is 0.738. The van der Waals surface area contributed by atoms with Crippen LogP contribution >= 0.6 is 11.6 Å². The highest BCUT2D eigenvalue weighted by atomic mass is 35.5. The fourth-order valence-corrected chi connectivity index (χ4v) is 3.40. The van der Waals surface area contributed by atoms with E-state index in [1.165, 1.54) is 18.5 Å². The van der Waals surface area contributed by atoms with E-state index in [2.05, 4.69) is 21.9 Å². The van der Waals surface area contributed by atoms with Crippen LogP contribution in [-0.4, -0.2) is 43.7 Å². The summed E-state index contributed by atoms with van der Waals surface area (Å²) in [5.74, 6) is 0.738. The van der Waals surface area contributed by atoms with Crippen molar-refractivity contribution in [3.8, 4) is 0 Å². The van der Waals surface area contributed by atoms with Crippen LogP contribution in [0.15, 0.2) is 24.3 Å². The SMILES string of the molecule is NCC1CCC1N1CCN(c2ccc(Cl)cc2)CC1. The molecule has 2 N–H and O–H groups in total. The number of nitrogens with two attached hydrogens (primary N) is 1. The monoisotopic (exact) mass is 279 g/mol. The number of nitrogens with zero attached hydrogens (tertiary/aromatic N) is 2. The normalized spacial score (nSPS) is 28.2. The first-order valence-electron chi connectivity index (χ1n) is 7.22. The molecule has 2 atom stereocenters. The maximum atomic E-state index is 5.94. The van der Waals surface area contributed by atoms with E-state index in [4.69, 9.17) is 17.3 Å². The van der Waals surface area contributed by atoms with Gasteiger partial charge in [0.2, 0.25) is 0 Å². The highest BCUT2D eigenvalue weighted by Crippen LogP contribution is 2.32. The fourth-order valence-electron chi connectivity index (χ4n) is 3.27. The first-order chi connectivity index (χ1) is 9.28. The zero-order valence-electron chi connectivity index (χ0n) is 11.3. The molecule has 1 aromatic rings. The maximum absolute atomic E-state index is 5.94. The number of benzene rings is 1. The summed E-state index contributed by atoms with van der Waals surface area (Å²) in [5, 5.41) is 0.808. The first-order valence-corrected chi connectivity index (χ1v) is 7.60. The molecule has 1 heterocycles. The Labute approximate surface area is 120 Å². The second kappa shape index (κ2) is 5.70. The van der Waals surface area contributed by atoms with Crippen molar-refractivity contribution in [2.24, 2.45) is 11.7 Å². The van der Waals surface area contributed by atoms with Gasteiger partial charge in [-0.05, 0) is 49.6 Å². The molecule has 104 valence electrons. The Balaban J connectivity index is 1.56. The van der Waals surface area contributed by atoms with E-state index in [0.29, 0.717) is 0 Å². The highest BCUT2D eigenvalue weighted by molar-refractivity contribution is 6.30. The van der Waals surface area contributed by atoms with Crippen LogP contribution in [0.4, 0.5) is 5.69 Å². The van der Waals surface area contributed by atoms with Crippen molar-refractivity contribution in [2.75, 3.05) is 37.6 Å². The van der Waals surface area contributed by atoms with Crippen molar-refractivity contribution in [2.45, 2.75) is 18.9 Å². The first kappa shape index (κ1) is 13.2. The van der Waals surface area contributed by atoms with Crippen molar-refractivity contribution in [1.82, 2.24) is 4.90 Å². The van der Waals surface area contributed by atoms with Gasteiger partial charge in [0.05, 0.1) is 0 Å². The lowest BCUT2D eigenvalue weighted by Crippen LogP contribution is -2.56. The number of piperazine rings is 1. The molecule has 19 heavy (non-hydrogen) atoms. The van der Waals surface area contributed by atoms with E-state index in [1.807, 2.05) is 12.1 Å². The van der Waals surface area contributed by atoms with Crippen molar-refractivity contribution in [3.05, 3.63) is 29.3 Å². The molecule has 3 rings (SSSR count). The van der Waals surface area contributed by atoms with Gasteiger partial charge in [-0.15, -0.1) is 0 Å². The Bertz CT molecular complexity index is 410. The third-order valence-electron chi connectivity index (χ3n) is 4.66. The van der Waals surface area contributed by atoms with Gasteiger partial charge in [-0.3, -0.25) is 4.90 Å². The predicted molar refractivity (Wildman–Crippen MR) is 80.8 cm³/mol. The van der Waals surface area contributed by atoms with Gasteiger partial charge in [0, 0.05) is 42.9 Å². The Hall–Kier alpha value is -0.770. The summed E-state index contributed by atoms with van der Waals surface area (Å²) in [5.41, 5.74) is 7.10. The fraction of sp³-hybridized carbons (Fsp3) is 0.600. The predicted octanol–water partition coefficient (Wildman–Crippen LogP) is 2.20. The molecular formula is C15H22ClN3. The third-order valence-corrected chi connectivity index (χ3v) is 4.91. The van der Waals surface area contributed by atoms with E-state index < -0.39 is 0 Å². The smallest absolute Gasteiger partial charge is 0.0407 e. The van der Waals surface area contributed by atoms with Gasteiger partial charge in [-0.1, -0.05) is 11.6 Å². The van der Waals surface area contributed by atoms with E-state index in [9.17, 15) is 0 Å². The highest BCUT2D eigenvalue weighted by Gasteiger charge is 2.35. The summed E-state index contributed by atoms with van der Waals surface area (Å²) in [6, 6.07) is 8.92. The zero-order chi connectivity index (χ0) is 13.2. The largest absolute Gasteiger partial charge is 0.369 e. The average Bonchev–Trinajstić information content (AvgIpc) is 2.40. The molecule has 1 saturated heterocycles. The van der Waals surface area contributed by atoms with Crippen LogP contribution in [-0.2, 0) is 0 Å². The summed E-state index contributed by atoms with van der Waals surface area (Å²) in [6.07, 6.45) is 2.65. The molecule has 2 unspecified atom stereocenters. The van der Waals surface area contributed by atoms with Crippen molar-refractivity contribution < 1.29 is 0 Å². The van der Waals surface area contributed by atoms with Gasteiger partial charge in [-0.2, -0.15) is 0 Å². The summed E-state index contributed by atoms with van der Waals surface area (Å²) in [4.78, 5) is 5.08. The molecule has 0 amide bonds. The molecule has 4 heteroatoms. The number of hydrogen-bond acceptors (Lipinski definition) is 3. The molecule has 0 radical (unpaired) electrons. The third kappa shape index (κ3) is 2.73. The van der Waals surface area contributed by atoms with E-state index in [0.717, 1.165) is 49.7 Å². The van der Waals surface area contributed by atoms with Gasteiger partial charge < -0.3 is 10.6 Å². The van der Waals surface area contributed by atoms with Gasteiger partial charge in [-0.25, -0.2) is 0 Å². The van der Waals surface area contributed by atoms with Gasteiger partial charge in [0.25, 0.3) is 0 Å². The average molecular weight is 280 g/mol. The zero-order valence-corrected chi connectivity index (χ0v) is 12.0. The molecular weight excluding hydrogens is 258 g/mol. The minimum Gasteiger partial charge on any atom is -0.369 e.